The summed E-state index contributed by atoms with van der Waals surface area (Å²) in [7, 11) is 1.27. The molecule has 6 nitrogen and oxygen atoms in total. The largest absolute Gasteiger partial charge is 0.467 e. The molecule has 0 spiro atoms. The minimum atomic E-state index is -0.687. The number of rotatable bonds is 3. The van der Waals surface area contributed by atoms with Gasteiger partial charge in [-0.15, -0.1) is 0 Å². The number of fused-ring (bicyclic) bond motifs is 1. The minimum absolute atomic E-state index is 0.0765. The van der Waals surface area contributed by atoms with Crippen molar-refractivity contribution in [2.75, 3.05) is 13.7 Å². The van der Waals surface area contributed by atoms with Crippen LogP contribution in [0.25, 0.3) is 0 Å². The average Bonchev–Trinajstić information content (AvgIpc) is 2.50. The van der Waals surface area contributed by atoms with Gasteiger partial charge in [0.15, 0.2) is 6.04 Å². The average molecular weight is 215 g/mol. The van der Waals surface area contributed by atoms with E-state index < -0.39 is 18.1 Å². The van der Waals surface area contributed by atoms with Crippen LogP contribution in [-0.4, -0.2) is 54.0 Å². The van der Waals surface area contributed by atoms with Gasteiger partial charge in [-0.1, -0.05) is 0 Å². The molecule has 3 atom stereocenters. The molecule has 2 heterocycles. The van der Waals surface area contributed by atoms with Crippen molar-refractivity contribution in [1.29, 1.82) is 0 Å². The molecule has 0 bridgehead atoms. The second-order valence-electron chi connectivity index (χ2n) is 3.61. The van der Waals surface area contributed by atoms with Gasteiger partial charge in [-0.25, -0.2) is 4.79 Å². The van der Waals surface area contributed by atoms with Gasteiger partial charge >= 0.3 is 5.97 Å². The Kier molecular flexibility index (Phi) is 2.62. The molecular weight excluding hydrogens is 202 g/mol. The Morgan fingerprint density at radius 1 is 1.73 bits per heavy atom. The predicted octanol–water partition coefficient (Wildman–Crippen LogP) is -1.13. The van der Waals surface area contributed by atoms with E-state index in [1.165, 1.54) is 12.0 Å². The van der Waals surface area contributed by atoms with E-state index in [4.69, 9.17) is 9.84 Å². The molecule has 0 aromatic heterocycles. The summed E-state index contributed by atoms with van der Waals surface area (Å²) in [6, 6.07) is -0.687. The monoisotopic (exact) mass is 215 g/mol. The number of carbonyl (C=O) groups excluding carboxylic acids is 2. The first kappa shape index (κ1) is 10.4. The second kappa shape index (κ2) is 3.79. The first-order valence-corrected chi connectivity index (χ1v) is 4.84. The van der Waals surface area contributed by atoms with Crippen LogP contribution in [0.1, 0.15) is 12.8 Å². The van der Waals surface area contributed by atoms with E-state index in [1.54, 1.807) is 0 Å². The third kappa shape index (κ3) is 1.49. The quantitative estimate of drug-likeness (QED) is 0.476. The molecule has 0 aliphatic carbocycles. The van der Waals surface area contributed by atoms with E-state index in [0.29, 0.717) is 12.8 Å². The van der Waals surface area contributed by atoms with Crippen molar-refractivity contribution < 1.29 is 24.2 Å². The highest BCUT2D eigenvalue weighted by atomic mass is 16.6. The van der Waals surface area contributed by atoms with Crippen LogP contribution in [0.15, 0.2) is 0 Å². The lowest BCUT2D eigenvalue weighted by Gasteiger charge is -2.35. The molecule has 2 aliphatic rings. The van der Waals surface area contributed by atoms with E-state index in [9.17, 15) is 9.59 Å². The smallest absolute Gasteiger partial charge is 0.331 e. The minimum Gasteiger partial charge on any atom is -0.467 e. The van der Waals surface area contributed by atoms with Crippen LogP contribution in [0.2, 0.25) is 0 Å². The van der Waals surface area contributed by atoms with Crippen molar-refractivity contribution in [3.8, 4) is 0 Å². The Labute approximate surface area is 86.8 Å². The topological polar surface area (TPSA) is 76.1 Å². The van der Waals surface area contributed by atoms with Crippen LogP contribution < -0.4 is 0 Å². The number of esters is 1. The lowest BCUT2D eigenvalue weighted by atomic mass is 10.0. The molecule has 1 N–H and O–H groups in total. The first-order valence-electron chi connectivity index (χ1n) is 4.84. The normalized spacial score (nSPS) is 33.6. The molecule has 15 heavy (non-hydrogen) atoms. The highest BCUT2D eigenvalue weighted by molar-refractivity contribution is 5.90. The van der Waals surface area contributed by atoms with Gasteiger partial charge in [0.2, 0.25) is 5.91 Å². The summed E-state index contributed by atoms with van der Waals surface area (Å²) in [6.45, 7) is -0.0765. The number of hydrogen-bond donors (Lipinski definition) is 1. The highest BCUT2D eigenvalue weighted by Crippen LogP contribution is 2.35. The SMILES string of the molecule is COC(=O)C1C(CCO)OC2CC(=O)N21. The third-order valence-corrected chi connectivity index (χ3v) is 2.79. The molecule has 0 saturated carbocycles. The number of hydrogen-bond acceptors (Lipinski definition) is 5. The maximum Gasteiger partial charge on any atom is 0.331 e. The molecular formula is C9H13NO5. The maximum absolute atomic E-state index is 11.5. The molecule has 84 valence electrons. The van der Waals surface area contributed by atoms with Crippen LogP contribution in [0, 0.1) is 0 Å². The first-order chi connectivity index (χ1) is 7.19. The van der Waals surface area contributed by atoms with Crippen LogP contribution in [-0.2, 0) is 19.1 Å². The van der Waals surface area contributed by atoms with Crippen molar-refractivity contribution in [1.82, 2.24) is 4.90 Å². The van der Waals surface area contributed by atoms with Crippen LogP contribution >= 0.6 is 0 Å². The van der Waals surface area contributed by atoms with Crippen molar-refractivity contribution in [2.24, 2.45) is 0 Å². The van der Waals surface area contributed by atoms with Gasteiger partial charge in [-0.05, 0) is 6.42 Å². The Morgan fingerprint density at radius 3 is 3.00 bits per heavy atom. The van der Waals surface area contributed by atoms with Gasteiger partial charge in [0, 0.05) is 6.61 Å². The molecule has 2 saturated heterocycles. The van der Waals surface area contributed by atoms with Crippen molar-refractivity contribution in [3.05, 3.63) is 0 Å². The molecule has 0 radical (unpaired) electrons. The zero-order valence-electron chi connectivity index (χ0n) is 8.38. The van der Waals surface area contributed by atoms with E-state index in [2.05, 4.69) is 4.74 Å². The summed E-state index contributed by atoms with van der Waals surface area (Å²) in [5, 5.41) is 8.82. The number of amides is 1. The zero-order valence-corrected chi connectivity index (χ0v) is 8.38. The lowest BCUT2D eigenvalue weighted by molar-refractivity contribution is -0.164. The van der Waals surface area contributed by atoms with E-state index in [-0.39, 0.29) is 18.7 Å². The summed E-state index contributed by atoms with van der Waals surface area (Å²) < 4.78 is 10.1. The summed E-state index contributed by atoms with van der Waals surface area (Å²) in [4.78, 5) is 24.1. The molecule has 6 heteroatoms. The molecule has 2 aliphatic heterocycles. The molecule has 0 aromatic rings. The number of β-lactam (4-membered cyclic amide) rings is 1. The molecule has 1 amide bonds. The Bertz CT molecular complexity index is 292. The van der Waals surface area contributed by atoms with E-state index in [1.807, 2.05) is 0 Å². The number of aliphatic hydroxyl groups excluding tert-OH is 1. The van der Waals surface area contributed by atoms with Gasteiger partial charge in [-0.2, -0.15) is 0 Å². The third-order valence-electron chi connectivity index (χ3n) is 2.79. The summed E-state index contributed by atoms with van der Waals surface area (Å²) in [6.07, 6.45) is -0.104. The molecule has 2 rings (SSSR count). The summed E-state index contributed by atoms with van der Waals surface area (Å²) in [5.74, 6) is -0.583. The van der Waals surface area contributed by atoms with Crippen LogP contribution in [0.4, 0.5) is 0 Å². The number of ether oxygens (including phenoxy) is 2. The Hall–Kier alpha value is -1.14. The Morgan fingerprint density at radius 2 is 2.47 bits per heavy atom. The fourth-order valence-corrected chi connectivity index (χ4v) is 2.04. The number of nitrogens with zero attached hydrogens (tertiary/aromatic N) is 1. The number of carbonyl (C=O) groups is 2. The van der Waals surface area contributed by atoms with Gasteiger partial charge in [0.1, 0.15) is 6.23 Å². The van der Waals surface area contributed by atoms with Crippen LogP contribution in [0.5, 0.6) is 0 Å². The van der Waals surface area contributed by atoms with Crippen molar-refractivity contribution in [2.45, 2.75) is 31.2 Å². The lowest BCUT2D eigenvalue weighted by Crippen LogP contribution is -2.56. The number of methoxy groups -OCH3 is 1. The van der Waals surface area contributed by atoms with Gasteiger partial charge in [0.25, 0.3) is 0 Å². The molecule has 2 fully saturated rings. The van der Waals surface area contributed by atoms with E-state index >= 15 is 0 Å². The van der Waals surface area contributed by atoms with Crippen LogP contribution in [0.3, 0.4) is 0 Å². The Balaban J connectivity index is 2.13. The highest BCUT2D eigenvalue weighted by Gasteiger charge is 2.55. The van der Waals surface area contributed by atoms with Gasteiger partial charge < -0.3 is 14.6 Å². The zero-order chi connectivity index (χ0) is 11.0. The van der Waals surface area contributed by atoms with Gasteiger partial charge in [-0.3, -0.25) is 9.69 Å². The summed E-state index contributed by atoms with van der Waals surface area (Å²) >= 11 is 0. The standard InChI is InChI=1S/C9H13NO5/c1-14-9(13)8-5(2-3-11)15-7-4-6(12)10(7)8/h5,7-8,11H,2-4H2,1H3. The summed E-state index contributed by atoms with van der Waals surface area (Å²) in [5.41, 5.74) is 0. The van der Waals surface area contributed by atoms with Crippen molar-refractivity contribution >= 4 is 11.9 Å². The number of aliphatic hydroxyl groups is 1. The van der Waals surface area contributed by atoms with Crippen molar-refractivity contribution in [3.63, 3.8) is 0 Å². The fourth-order valence-electron chi connectivity index (χ4n) is 2.04. The molecule has 0 aromatic carbocycles. The van der Waals surface area contributed by atoms with Gasteiger partial charge in [0.05, 0.1) is 19.6 Å². The molecule has 3 unspecified atom stereocenters. The second-order valence-corrected chi connectivity index (χ2v) is 3.61. The predicted molar refractivity (Wildman–Crippen MR) is 47.6 cm³/mol. The van der Waals surface area contributed by atoms with E-state index in [0.717, 1.165) is 0 Å². The maximum atomic E-state index is 11.5. The fraction of sp³-hybridized carbons (Fsp3) is 0.778.